The minimum absolute atomic E-state index is 0.00109. The normalized spacial score (nSPS) is 19.9. The fourth-order valence-corrected chi connectivity index (χ4v) is 2.33. The van der Waals surface area contributed by atoms with E-state index in [2.05, 4.69) is 16.0 Å². The minimum atomic E-state index is -0.393. The summed E-state index contributed by atoms with van der Waals surface area (Å²) in [4.78, 5) is 23.0. The van der Waals surface area contributed by atoms with Gasteiger partial charge in [-0.3, -0.25) is 4.79 Å². The van der Waals surface area contributed by atoms with Crippen molar-refractivity contribution in [2.75, 3.05) is 13.1 Å². The maximum atomic E-state index is 11.7. The molecule has 0 unspecified atom stereocenters. The number of ether oxygens (including phenoxy) is 1. The Hall–Kier alpha value is -2.08. The molecule has 1 fully saturated rings. The summed E-state index contributed by atoms with van der Waals surface area (Å²) in [5.74, 6) is 0.00109. The summed E-state index contributed by atoms with van der Waals surface area (Å²) in [5, 5.41) is 8.72. The van der Waals surface area contributed by atoms with Gasteiger partial charge in [0.05, 0.1) is 6.54 Å². The number of alkyl carbamates (subject to hydrolysis) is 1. The highest BCUT2D eigenvalue weighted by Crippen LogP contribution is 2.19. The summed E-state index contributed by atoms with van der Waals surface area (Å²) >= 11 is 0. The van der Waals surface area contributed by atoms with Crippen molar-refractivity contribution in [1.82, 2.24) is 16.0 Å². The van der Waals surface area contributed by atoms with Gasteiger partial charge in [-0.25, -0.2) is 4.79 Å². The van der Waals surface area contributed by atoms with Gasteiger partial charge in [-0.15, -0.1) is 0 Å². The third-order valence-corrected chi connectivity index (χ3v) is 3.60. The number of benzene rings is 1. The van der Waals surface area contributed by atoms with Crippen molar-refractivity contribution >= 4 is 12.0 Å². The lowest BCUT2D eigenvalue weighted by Crippen LogP contribution is -2.54. The highest BCUT2D eigenvalue weighted by Gasteiger charge is 2.30. The SMILES string of the molecule is CCNC(=O)CNC1CC(NC(=O)OCc2ccccc2)C1. The van der Waals surface area contributed by atoms with Gasteiger partial charge < -0.3 is 20.7 Å². The molecular weight excluding hydrogens is 282 g/mol. The van der Waals surface area contributed by atoms with Crippen LogP contribution in [0, 0.1) is 0 Å². The summed E-state index contributed by atoms with van der Waals surface area (Å²) in [5.41, 5.74) is 0.965. The van der Waals surface area contributed by atoms with E-state index in [1.807, 2.05) is 37.3 Å². The fraction of sp³-hybridized carbons (Fsp3) is 0.500. The van der Waals surface area contributed by atoms with E-state index in [1.165, 1.54) is 0 Å². The summed E-state index contributed by atoms with van der Waals surface area (Å²) in [6, 6.07) is 9.97. The van der Waals surface area contributed by atoms with Crippen molar-refractivity contribution in [3.05, 3.63) is 35.9 Å². The lowest BCUT2D eigenvalue weighted by atomic mass is 9.87. The summed E-state index contributed by atoms with van der Waals surface area (Å²) < 4.78 is 5.17. The van der Waals surface area contributed by atoms with Crippen molar-refractivity contribution in [2.24, 2.45) is 0 Å². The first kappa shape index (κ1) is 16.3. The van der Waals surface area contributed by atoms with E-state index in [-0.39, 0.29) is 24.6 Å². The molecule has 0 saturated heterocycles. The molecule has 1 aliphatic carbocycles. The molecule has 3 N–H and O–H groups in total. The van der Waals surface area contributed by atoms with Gasteiger partial charge in [0.25, 0.3) is 0 Å². The van der Waals surface area contributed by atoms with E-state index >= 15 is 0 Å². The highest BCUT2D eigenvalue weighted by atomic mass is 16.5. The van der Waals surface area contributed by atoms with Crippen LogP contribution in [0.15, 0.2) is 30.3 Å². The molecule has 0 atom stereocenters. The first-order chi connectivity index (χ1) is 10.7. The maximum Gasteiger partial charge on any atom is 0.407 e. The van der Waals surface area contributed by atoms with Crippen LogP contribution in [0.2, 0.25) is 0 Å². The van der Waals surface area contributed by atoms with Crippen LogP contribution in [0.3, 0.4) is 0 Å². The molecule has 1 saturated carbocycles. The predicted molar refractivity (Wildman–Crippen MR) is 83.3 cm³/mol. The first-order valence-electron chi connectivity index (χ1n) is 7.64. The van der Waals surface area contributed by atoms with Crippen molar-refractivity contribution in [3.8, 4) is 0 Å². The Morgan fingerprint density at radius 3 is 2.59 bits per heavy atom. The molecule has 0 spiro atoms. The fourth-order valence-electron chi connectivity index (χ4n) is 2.33. The van der Waals surface area contributed by atoms with E-state index in [4.69, 9.17) is 4.74 Å². The maximum absolute atomic E-state index is 11.7. The number of carbonyl (C=O) groups excluding carboxylic acids is 2. The van der Waals surface area contributed by atoms with Crippen LogP contribution in [0.25, 0.3) is 0 Å². The molecule has 1 aromatic carbocycles. The molecule has 0 radical (unpaired) electrons. The zero-order valence-corrected chi connectivity index (χ0v) is 12.8. The first-order valence-corrected chi connectivity index (χ1v) is 7.64. The molecule has 22 heavy (non-hydrogen) atoms. The quantitative estimate of drug-likeness (QED) is 0.706. The molecule has 1 aromatic rings. The second-order valence-electron chi connectivity index (χ2n) is 5.41. The Morgan fingerprint density at radius 2 is 1.91 bits per heavy atom. The smallest absolute Gasteiger partial charge is 0.407 e. The number of hydrogen-bond acceptors (Lipinski definition) is 4. The molecule has 0 bridgehead atoms. The average Bonchev–Trinajstić information content (AvgIpc) is 2.48. The van der Waals surface area contributed by atoms with Crippen molar-refractivity contribution in [2.45, 2.75) is 38.5 Å². The molecule has 1 aliphatic rings. The van der Waals surface area contributed by atoms with Gasteiger partial charge in [0.15, 0.2) is 0 Å². The molecule has 0 aromatic heterocycles. The molecule has 2 rings (SSSR count). The Morgan fingerprint density at radius 1 is 1.18 bits per heavy atom. The van der Waals surface area contributed by atoms with Crippen LogP contribution in [0.1, 0.15) is 25.3 Å². The van der Waals surface area contributed by atoms with Gasteiger partial charge in [-0.05, 0) is 25.3 Å². The summed E-state index contributed by atoms with van der Waals surface area (Å²) in [6.07, 6.45) is 1.25. The molecule has 2 amide bonds. The van der Waals surface area contributed by atoms with Crippen molar-refractivity contribution < 1.29 is 14.3 Å². The second kappa shape index (κ2) is 8.38. The summed E-state index contributed by atoms with van der Waals surface area (Å²) in [6.45, 7) is 3.13. The van der Waals surface area contributed by atoms with Gasteiger partial charge in [-0.2, -0.15) is 0 Å². The van der Waals surface area contributed by atoms with Gasteiger partial charge >= 0.3 is 6.09 Å². The molecule has 0 heterocycles. The largest absolute Gasteiger partial charge is 0.445 e. The number of amides is 2. The van der Waals surface area contributed by atoms with Gasteiger partial charge in [0.1, 0.15) is 6.61 Å². The van der Waals surface area contributed by atoms with E-state index in [1.54, 1.807) is 0 Å². The van der Waals surface area contributed by atoms with Crippen LogP contribution >= 0.6 is 0 Å². The molecule has 6 heteroatoms. The molecule has 6 nitrogen and oxygen atoms in total. The number of likely N-dealkylation sites (N-methyl/N-ethyl adjacent to an activating group) is 1. The number of nitrogens with one attached hydrogen (secondary N) is 3. The van der Waals surface area contributed by atoms with Crippen LogP contribution in [0.4, 0.5) is 4.79 Å². The van der Waals surface area contributed by atoms with Gasteiger partial charge in [0.2, 0.25) is 5.91 Å². The molecular formula is C16H23N3O3. The van der Waals surface area contributed by atoms with E-state index in [0.29, 0.717) is 13.1 Å². The van der Waals surface area contributed by atoms with Crippen molar-refractivity contribution in [3.63, 3.8) is 0 Å². The highest BCUT2D eigenvalue weighted by molar-refractivity contribution is 5.77. The van der Waals surface area contributed by atoms with Crippen molar-refractivity contribution in [1.29, 1.82) is 0 Å². The lowest BCUT2D eigenvalue weighted by Gasteiger charge is -2.35. The average molecular weight is 305 g/mol. The lowest BCUT2D eigenvalue weighted by molar-refractivity contribution is -0.120. The van der Waals surface area contributed by atoms with Crippen LogP contribution in [-0.4, -0.2) is 37.2 Å². The number of carbonyl (C=O) groups is 2. The summed E-state index contributed by atoms with van der Waals surface area (Å²) in [7, 11) is 0. The van der Waals surface area contributed by atoms with Gasteiger partial charge in [0, 0.05) is 18.6 Å². The van der Waals surface area contributed by atoms with E-state index in [9.17, 15) is 9.59 Å². The zero-order chi connectivity index (χ0) is 15.8. The molecule has 0 aliphatic heterocycles. The number of hydrogen-bond donors (Lipinski definition) is 3. The van der Waals surface area contributed by atoms with Gasteiger partial charge in [-0.1, -0.05) is 30.3 Å². The third-order valence-electron chi connectivity index (χ3n) is 3.60. The van der Waals surface area contributed by atoms with E-state index < -0.39 is 6.09 Å². The van der Waals surface area contributed by atoms with Crippen LogP contribution < -0.4 is 16.0 Å². The Labute approximate surface area is 130 Å². The predicted octanol–water partition coefficient (Wildman–Crippen LogP) is 1.17. The molecule has 120 valence electrons. The zero-order valence-electron chi connectivity index (χ0n) is 12.8. The topological polar surface area (TPSA) is 79.5 Å². The monoisotopic (exact) mass is 305 g/mol. The minimum Gasteiger partial charge on any atom is -0.445 e. The van der Waals surface area contributed by atoms with Crippen LogP contribution in [-0.2, 0) is 16.1 Å². The van der Waals surface area contributed by atoms with E-state index in [0.717, 1.165) is 18.4 Å². The number of rotatable bonds is 7. The van der Waals surface area contributed by atoms with Crippen LogP contribution in [0.5, 0.6) is 0 Å². The Kier molecular flexibility index (Phi) is 6.21. The Bertz CT molecular complexity index is 487. The standard InChI is InChI=1S/C16H23N3O3/c1-2-17-15(20)10-18-13-8-14(9-13)19-16(21)22-11-12-6-4-3-5-7-12/h3-7,13-14,18H,2,8-11H2,1H3,(H,17,20)(H,19,21). The Balaban J connectivity index is 1.55. The second-order valence-corrected chi connectivity index (χ2v) is 5.41. The third kappa shape index (κ3) is 5.37.